The molecule has 3 N–H and O–H groups in total. The Kier molecular flexibility index (Phi) is 3.82. The Labute approximate surface area is 146 Å². The zero-order chi connectivity index (χ0) is 18.3. The van der Waals surface area contributed by atoms with Crippen molar-refractivity contribution >= 4 is 28.4 Å². The number of hydrogen-bond acceptors (Lipinski definition) is 2. The van der Waals surface area contributed by atoms with Crippen molar-refractivity contribution < 1.29 is 18.0 Å². The summed E-state index contributed by atoms with van der Waals surface area (Å²) in [5.41, 5.74) is 1.88. The number of urea groups is 1. The number of fused-ring (bicyclic) bond motifs is 1. The molecule has 26 heavy (non-hydrogen) atoms. The van der Waals surface area contributed by atoms with Crippen LogP contribution in [0.3, 0.4) is 0 Å². The molecule has 0 saturated heterocycles. The van der Waals surface area contributed by atoms with Gasteiger partial charge in [0, 0.05) is 23.5 Å². The third-order valence-corrected chi connectivity index (χ3v) is 4.32. The molecule has 0 bridgehead atoms. The van der Waals surface area contributed by atoms with Crippen LogP contribution < -0.4 is 10.6 Å². The van der Waals surface area contributed by atoms with Crippen molar-refractivity contribution in [1.29, 1.82) is 0 Å². The number of H-pyrrole nitrogens is 1. The fourth-order valence-corrected chi connectivity index (χ4v) is 2.79. The maximum absolute atomic E-state index is 12.6. The van der Waals surface area contributed by atoms with Crippen LogP contribution in [-0.4, -0.2) is 16.0 Å². The lowest BCUT2D eigenvalue weighted by molar-refractivity contribution is -0.137. The lowest BCUT2D eigenvalue weighted by atomic mass is 10.1. The van der Waals surface area contributed by atoms with E-state index in [1.54, 1.807) is 6.20 Å². The van der Waals surface area contributed by atoms with E-state index in [1.165, 1.54) is 12.1 Å². The maximum atomic E-state index is 12.6. The van der Waals surface area contributed by atoms with Crippen molar-refractivity contribution in [2.45, 2.75) is 24.9 Å². The monoisotopic (exact) mass is 360 g/mol. The number of carbonyl (C=O) groups excluding carboxylic acids is 1. The van der Waals surface area contributed by atoms with Crippen LogP contribution in [0.25, 0.3) is 11.0 Å². The third-order valence-electron chi connectivity index (χ3n) is 4.32. The molecule has 1 aliphatic carbocycles. The number of anilines is 2. The zero-order valence-electron chi connectivity index (χ0n) is 13.5. The molecule has 4 rings (SSSR count). The molecule has 2 heterocycles. The SMILES string of the molecule is O=C(Nc1ccc(C(F)(F)F)cc1)Nc1c[nH]c2ncc(C3CC3)cc12. The molecular formula is C18H15F3N4O. The van der Waals surface area contributed by atoms with Crippen molar-refractivity contribution in [3.05, 3.63) is 53.9 Å². The van der Waals surface area contributed by atoms with E-state index in [9.17, 15) is 18.0 Å². The number of aromatic nitrogens is 2. The van der Waals surface area contributed by atoms with Crippen LogP contribution in [-0.2, 0) is 6.18 Å². The first-order valence-corrected chi connectivity index (χ1v) is 8.12. The molecule has 1 fully saturated rings. The van der Waals surface area contributed by atoms with E-state index < -0.39 is 17.8 Å². The summed E-state index contributed by atoms with van der Waals surface area (Å²) in [6.45, 7) is 0. The molecule has 134 valence electrons. The van der Waals surface area contributed by atoms with E-state index in [2.05, 4.69) is 20.6 Å². The number of benzene rings is 1. The quantitative estimate of drug-likeness (QED) is 0.608. The number of nitrogens with one attached hydrogen (secondary N) is 3. The molecule has 0 unspecified atom stereocenters. The number of halogens is 3. The van der Waals surface area contributed by atoms with Crippen molar-refractivity contribution in [2.24, 2.45) is 0 Å². The molecule has 0 radical (unpaired) electrons. The largest absolute Gasteiger partial charge is 0.416 e. The highest BCUT2D eigenvalue weighted by molar-refractivity contribution is 6.05. The lowest BCUT2D eigenvalue weighted by Crippen LogP contribution is -2.19. The molecule has 1 saturated carbocycles. The van der Waals surface area contributed by atoms with Crippen LogP contribution >= 0.6 is 0 Å². The summed E-state index contributed by atoms with van der Waals surface area (Å²) in [6, 6.07) is 5.74. The Hall–Kier alpha value is -3.03. The Morgan fingerprint density at radius 2 is 1.88 bits per heavy atom. The van der Waals surface area contributed by atoms with Gasteiger partial charge in [-0.3, -0.25) is 0 Å². The number of carbonyl (C=O) groups is 1. The van der Waals surface area contributed by atoms with E-state index in [0.29, 0.717) is 17.3 Å². The highest BCUT2D eigenvalue weighted by atomic mass is 19.4. The number of aromatic amines is 1. The van der Waals surface area contributed by atoms with E-state index in [1.807, 2.05) is 12.3 Å². The molecule has 0 aliphatic heterocycles. The van der Waals surface area contributed by atoms with Gasteiger partial charge in [0.25, 0.3) is 0 Å². The highest BCUT2D eigenvalue weighted by Crippen LogP contribution is 2.41. The number of pyridine rings is 1. The summed E-state index contributed by atoms with van der Waals surface area (Å²) in [7, 11) is 0. The summed E-state index contributed by atoms with van der Waals surface area (Å²) in [4.78, 5) is 19.5. The summed E-state index contributed by atoms with van der Waals surface area (Å²) in [5, 5.41) is 6.03. The minimum Gasteiger partial charge on any atom is -0.344 e. The van der Waals surface area contributed by atoms with Gasteiger partial charge < -0.3 is 15.6 Å². The van der Waals surface area contributed by atoms with Gasteiger partial charge >= 0.3 is 12.2 Å². The van der Waals surface area contributed by atoms with Crippen LogP contribution in [0.4, 0.5) is 29.3 Å². The van der Waals surface area contributed by atoms with E-state index in [4.69, 9.17) is 0 Å². The smallest absolute Gasteiger partial charge is 0.344 e. The van der Waals surface area contributed by atoms with Crippen LogP contribution in [0.2, 0.25) is 0 Å². The summed E-state index contributed by atoms with van der Waals surface area (Å²) in [5.74, 6) is 0.538. The second-order valence-corrected chi connectivity index (χ2v) is 6.30. The van der Waals surface area contributed by atoms with Crippen molar-refractivity contribution in [3.8, 4) is 0 Å². The molecule has 1 aromatic carbocycles. The van der Waals surface area contributed by atoms with Crippen molar-refractivity contribution in [2.75, 3.05) is 10.6 Å². The molecule has 2 aromatic heterocycles. The number of alkyl halides is 3. The van der Waals surface area contributed by atoms with Gasteiger partial charge in [-0.05, 0) is 54.7 Å². The topological polar surface area (TPSA) is 69.8 Å². The second kappa shape index (κ2) is 6.05. The molecule has 0 spiro atoms. The van der Waals surface area contributed by atoms with Gasteiger partial charge in [0.1, 0.15) is 5.65 Å². The van der Waals surface area contributed by atoms with Crippen molar-refractivity contribution in [3.63, 3.8) is 0 Å². The Morgan fingerprint density at radius 3 is 2.54 bits per heavy atom. The van der Waals surface area contributed by atoms with Gasteiger partial charge in [0.2, 0.25) is 0 Å². The van der Waals surface area contributed by atoms with Crippen LogP contribution in [0.5, 0.6) is 0 Å². The first-order chi connectivity index (χ1) is 12.4. The molecule has 1 aliphatic rings. The van der Waals surface area contributed by atoms with Gasteiger partial charge in [0.15, 0.2) is 0 Å². The summed E-state index contributed by atoms with van der Waals surface area (Å²) < 4.78 is 37.7. The lowest BCUT2D eigenvalue weighted by Gasteiger charge is -2.09. The van der Waals surface area contributed by atoms with Crippen LogP contribution in [0.15, 0.2) is 42.7 Å². The summed E-state index contributed by atoms with van der Waals surface area (Å²) in [6.07, 6.45) is 1.36. The predicted octanol–water partition coefficient (Wildman–Crippen LogP) is 5.10. The van der Waals surface area contributed by atoms with Gasteiger partial charge in [-0.1, -0.05) is 0 Å². The zero-order valence-corrected chi connectivity index (χ0v) is 13.5. The van der Waals surface area contributed by atoms with E-state index >= 15 is 0 Å². The average molecular weight is 360 g/mol. The van der Waals surface area contributed by atoms with Crippen LogP contribution in [0, 0.1) is 0 Å². The first kappa shape index (κ1) is 16.4. The fraction of sp³-hybridized carbons (Fsp3) is 0.222. The minimum absolute atomic E-state index is 0.270. The van der Waals surface area contributed by atoms with Gasteiger partial charge in [0.05, 0.1) is 11.3 Å². The summed E-state index contributed by atoms with van der Waals surface area (Å²) >= 11 is 0. The fourth-order valence-electron chi connectivity index (χ4n) is 2.79. The molecule has 0 atom stereocenters. The number of nitrogens with zero attached hydrogens (tertiary/aromatic N) is 1. The Balaban J connectivity index is 1.48. The number of rotatable bonds is 3. The first-order valence-electron chi connectivity index (χ1n) is 8.12. The van der Waals surface area contributed by atoms with Gasteiger partial charge in [-0.25, -0.2) is 9.78 Å². The Bertz CT molecular complexity index is 959. The predicted molar refractivity (Wildman–Crippen MR) is 92.2 cm³/mol. The molecular weight excluding hydrogens is 345 g/mol. The molecule has 5 nitrogen and oxygen atoms in total. The third kappa shape index (κ3) is 3.35. The molecule has 2 amide bonds. The molecule has 8 heteroatoms. The Morgan fingerprint density at radius 1 is 1.15 bits per heavy atom. The standard InChI is InChI=1S/C18H15F3N4O/c19-18(20,21)12-3-5-13(6-4-12)24-17(26)25-15-9-23-16-14(15)7-11(8-22-16)10-1-2-10/h3-10H,1-2H2,(H,22,23)(H2,24,25,26). The second-order valence-electron chi connectivity index (χ2n) is 6.30. The van der Waals surface area contributed by atoms with Crippen molar-refractivity contribution in [1.82, 2.24) is 9.97 Å². The van der Waals surface area contributed by atoms with E-state index in [0.717, 1.165) is 35.9 Å². The minimum atomic E-state index is -4.41. The normalized spacial score (nSPS) is 14.4. The number of hydrogen-bond donors (Lipinski definition) is 3. The van der Waals surface area contributed by atoms with Crippen LogP contribution in [0.1, 0.15) is 29.9 Å². The number of amides is 2. The van der Waals surface area contributed by atoms with Gasteiger partial charge in [-0.2, -0.15) is 13.2 Å². The maximum Gasteiger partial charge on any atom is 0.416 e. The average Bonchev–Trinajstić information content (AvgIpc) is 3.37. The highest BCUT2D eigenvalue weighted by Gasteiger charge is 2.30. The van der Waals surface area contributed by atoms with Gasteiger partial charge in [-0.15, -0.1) is 0 Å². The molecule has 3 aromatic rings. The van der Waals surface area contributed by atoms with E-state index in [-0.39, 0.29) is 5.69 Å².